The molecule has 0 aliphatic carbocycles. The summed E-state index contributed by atoms with van der Waals surface area (Å²) < 4.78 is 0. The van der Waals surface area contributed by atoms with Crippen LogP contribution in [0.3, 0.4) is 0 Å². The Morgan fingerprint density at radius 2 is 1.70 bits per heavy atom. The summed E-state index contributed by atoms with van der Waals surface area (Å²) in [5.41, 5.74) is 3.39. The van der Waals surface area contributed by atoms with E-state index in [2.05, 4.69) is 29.6 Å². The van der Waals surface area contributed by atoms with Gasteiger partial charge in [0.15, 0.2) is 0 Å². The van der Waals surface area contributed by atoms with Gasteiger partial charge in [-0.15, -0.1) is 0 Å². The second-order valence-corrected chi connectivity index (χ2v) is 5.46. The van der Waals surface area contributed by atoms with Gasteiger partial charge in [-0.2, -0.15) is 0 Å². The van der Waals surface area contributed by atoms with E-state index in [1.807, 2.05) is 44.2 Å². The molecule has 0 saturated carbocycles. The average Bonchev–Trinajstić information content (AvgIpc) is 2.60. The van der Waals surface area contributed by atoms with E-state index in [0.717, 1.165) is 11.1 Å². The van der Waals surface area contributed by atoms with Crippen molar-refractivity contribution >= 4 is 6.03 Å². The van der Waals surface area contributed by atoms with Gasteiger partial charge in [-0.05, 0) is 30.5 Å². The molecule has 0 fully saturated rings. The molecule has 2 N–H and O–H groups in total. The lowest BCUT2D eigenvalue weighted by atomic mass is 10.0. The number of likely N-dealkylation sites (N-methyl/N-ethyl adjacent to an activating group) is 1. The maximum atomic E-state index is 12.1. The molecule has 4 nitrogen and oxygen atoms in total. The van der Waals surface area contributed by atoms with E-state index < -0.39 is 0 Å². The molecule has 0 aliphatic heterocycles. The Hall–Kier alpha value is -2.33. The summed E-state index contributed by atoms with van der Waals surface area (Å²) in [6, 6.07) is 18.2. The molecule has 0 heterocycles. The molecule has 2 amide bonds. The fraction of sp³-hybridized carbons (Fsp3) is 0.316. The Morgan fingerprint density at radius 3 is 2.26 bits per heavy atom. The number of benzene rings is 2. The lowest BCUT2D eigenvalue weighted by Gasteiger charge is -2.23. The van der Waals surface area contributed by atoms with Crippen molar-refractivity contribution in [1.29, 1.82) is 0 Å². The third-order valence-corrected chi connectivity index (χ3v) is 3.90. The number of amides is 2. The third-order valence-electron chi connectivity index (χ3n) is 3.90. The van der Waals surface area contributed by atoms with Gasteiger partial charge in [0.05, 0.1) is 12.6 Å². The van der Waals surface area contributed by atoms with E-state index in [9.17, 15) is 4.79 Å². The molecular weight excluding hydrogens is 288 g/mol. The Morgan fingerprint density at radius 1 is 1.09 bits per heavy atom. The lowest BCUT2D eigenvalue weighted by Crippen LogP contribution is -2.42. The summed E-state index contributed by atoms with van der Waals surface area (Å²) in [5, 5.41) is 12.0. The highest BCUT2D eigenvalue weighted by Crippen LogP contribution is 2.21. The molecule has 2 rings (SSSR count). The third kappa shape index (κ3) is 4.57. The molecule has 1 atom stereocenters. The summed E-state index contributed by atoms with van der Waals surface area (Å²) in [6.07, 6.45) is 0. The first-order valence-electron chi connectivity index (χ1n) is 7.97. The number of urea groups is 1. The van der Waals surface area contributed by atoms with E-state index in [4.69, 9.17) is 5.11 Å². The molecule has 122 valence electrons. The van der Waals surface area contributed by atoms with Crippen molar-refractivity contribution in [3.63, 3.8) is 0 Å². The number of hydrogen-bond donors (Lipinski definition) is 2. The largest absolute Gasteiger partial charge is 0.395 e. The van der Waals surface area contributed by atoms with Crippen molar-refractivity contribution < 1.29 is 9.90 Å². The van der Waals surface area contributed by atoms with E-state index in [-0.39, 0.29) is 18.7 Å². The van der Waals surface area contributed by atoms with Crippen LogP contribution in [0.5, 0.6) is 0 Å². The van der Waals surface area contributed by atoms with Crippen LogP contribution in [-0.2, 0) is 0 Å². The summed E-state index contributed by atoms with van der Waals surface area (Å²) in [7, 11) is 0. The van der Waals surface area contributed by atoms with Crippen LogP contribution in [0, 0.1) is 0 Å². The van der Waals surface area contributed by atoms with E-state index in [1.54, 1.807) is 4.90 Å². The maximum Gasteiger partial charge on any atom is 0.317 e. The highest BCUT2D eigenvalue weighted by atomic mass is 16.3. The average molecular weight is 312 g/mol. The molecule has 0 aliphatic rings. The maximum absolute atomic E-state index is 12.1. The Balaban J connectivity index is 2.03. The molecule has 4 heteroatoms. The summed E-state index contributed by atoms with van der Waals surface area (Å²) in [6.45, 7) is 4.76. The molecule has 0 spiro atoms. The number of aliphatic hydroxyl groups excluding tert-OH is 1. The number of hydrogen-bond acceptors (Lipinski definition) is 2. The van der Waals surface area contributed by atoms with E-state index >= 15 is 0 Å². The van der Waals surface area contributed by atoms with Crippen LogP contribution < -0.4 is 5.32 Å². The van der Waals surface area contributed by atoms with Gasteiger partial charge in [0.2, 0.25) is 0 Å². The van der Waals surface area contributed by atoms with Crippen molar-refractivity contribution in [1.82, 2.24) is 10.2 Å². The lowest BCUT2D eigenvalue weighted by molar-refractivity contribution is 0.178. The van der Waals surface area contributed by atoms with Crippen LogP contribution in [0.25, 0.3) is 11.1 Å². The Labute approximate surface area is 137 Å². The van der Waals surface area contributed by atoms with E-state index in [1.165, 1.54) is 5.56 Å². The molecular formula is C19H24N2O2. The fourth-order valence-electron chi connectivity index (χ4n) is 2.48. The molecule has 2 aromatic rings. The molecule has 1 unspecified atom stereocenters. The van der Waals surface area contributed by atoms with Crippen LogP contribution in [0.1, 0.15) is 25.5 Å². The summed E-state index contributed by atoms with van der Waals surface area (Å²) in [4.78, 5) is 13.7. The van der Waals surface area contributed by atoms with Crippen molar-refractivity contribution in [2.24, 2.45) is 0 Å². The number of carbonyl (C=O) groups is 1. The SMILES string of the molecule is CCN(CCO)C(=O)NC(C)c1ccc(-c2ccccc2)cc1. The summed E-state index contributed by atoms with van der Waals surface area (Å²) in [5.74, 6) is 0. The van der Waals surface area contributed by atoms with Gasteiger partial charge in [-0.3, -0.25) is 0 Å². The van der Waals surface area contributed by atoms with Gasteiger partial charge in [0, 0.05) is 13.1 Å². The van der Waals surface area contributed by atoms with Gasteiger partial charge in [-0.1, -0.05) is 54.6 Å². The number of rotatable bonds is 6. The minimum absolute atomic E-state index is 0.0264. The van der Waals surface area contributed by atoms with Crippen LogP contribution in [-0.4, -0.2) is 35.7 Å². The van der Waals surface area contributed by atoms with Gasteiger partial charge in [0.1, 0.15) is 0 Å². The quantitative estimate of drug-likeness (QED) is 0.858. The zero-order valence-electron chi connectivity index (χ0n) is 13.7. The highest BCUT2D eigenvalue weighted by molar-refractivity contribution is 5.74. The smallest absolute Gasteiger partial charge is 0.317 e. The normalized spacial score (nSPS) is 11.8. The topological polar surface area (TPSA) is 52.6 Å². The van der Waals surface area contributed by atoms with Crippen molar-refractivity contribution in [3.05, 3.63) is 60.2 Å². The number of nitrogens with zero attached hydrogens (tertiary/aromatic N) is 1. The van der Waals surface area contributed by atoms with Gasteiger partial charge < -0.3 is 15.3 Å². The van der Waals surface area contributed by atoms with E-state index in [0.29, 0.717) is 13.1 Å². The number of carbonyl (C=O) groups excluding carboxylic acids is 1. The van der Waals surface area contributed by atoms with Crippen molar-refractivity contribution in [2.45, 2.75) is 19.9 Å². The van der Waals surface area contributed by atoms with Crippen LogP contribution >= 0.6 is 0 Å². The fourth-order valence-corrected chi connectivity index (χ4v) is 2.48. The van der Waals surface area contributed by atoms with Crippen molar-refractivity contribution in [3.8, 4) is 11.1 Å². The highest BCUT2D eigenvalue weighted by Gasteiger charge is 2.14. The van der Waals surface area contributed by atoms with Gasteiger partial charge in [0.25, 0.3) is 0 Å². The molecule has 0 aromatic heterocycles. The first-order chi connectivity index (χ1) is 11.2. The van der Waals surface area contributed by atoms with Crippen molar-refractivity contribution in [2.75, 3.05) is 19.7 Å². The van der Waals surface area contributed by atoms with Crippen LogP contribution in [0.2, 0.25) is 0 Å². The molecule has 0 saturated heterocycles. The summed E-state index contributed by atoms with van der Waals surface area (Å²) >= 11 is 0. The first kappa shape index (κ1) is 17.0. The predicted octanol–water partition coefficient (Wildman–Crippen LogP) is 3.44. The molecule has 0 bridgehead atoms. The second kappa shape index (κ2) is 8.34. The minimum atomic E-state index is -0.152. The Kier molecular flexibility index (Phi) is 6.18. The zero-order chi connectivity index (χ0) is 16.7. The van der Waals surface area contributed by atoms with Crippen LogP contribution in [0.4, 0.5) is 4.79 Å². The van der Waals surface area contributed by atoms with Gasteiger partial charge in [-0.25, -0.2) is 4.79 Å². The molecule has 0 radical (unpaired) electrons. The first-order valence-corrected chi connectivity index (χ1v) is 7.97. The zero-order valence-corrected chi connectivity index (χ0v) is 13.7. The van der Waals surface area contributed by atoms with Crippen LogP contribution in [0.15, 0.2) is 54.6 Å². The Bertz CT molecular complexity index is 611. The minimum Gasteiger partial charge on any atom is -0.395 e. The molecule has 2 aromatic carbocycles. The standard InChI is InChI=1S/C19H24N2O2/c1-3-21(13-14-22)19(23)20-15(2)16-9-11-18(12-10-16)17-7-5-4-6-8-17/h4-12,15,22H,3,13-14H2,1-2H3,(H,20,23). The predicted molar refractivity (Wildman–Crippen MR) is 93.2 cm³/mol. The monoisotopic (exact) mass is 312 g/mol. The second-order valence-electron chi connectivity index (χ2n) is 5.46. The number of nitrogens with one attached hydrogen (secondary N) is 1. The number of aliphatic hydroxyl groups is 1. The molecule has 23 heavy (non-hydrogen) atoms. The van der Waals surface area contributed by atoms with Gasteiger partial charge >= 0.3 is 6.03 Å².